The Balaban J connectivity index is 1.84. The second-order valence-electron chi connectivity index (χ2n) is 4.13. The molecule has 2 unspecified atom stereocenters. The van der Waals surface area contributed by atoms with Gasteiger partial charge in [0.15, 0.2) is 0 Å². The first-order valence-electron chi connectivity index (χ1n) is 5.48. The average Bonchev–Trinajstić information content (AvgIpc) is 2.72. The van der Waals surface area contributed by atoms with Gasteiger partial charge in [-0.25, -0.2) is 0 Å². The lowest BCUT2D eigenvalue weighted by Gasteiger charge is -2.25. The summed E-state index contributed by atoms with van der Waals surface area (Å²) in [7, 11) is 0. The lowest BCUT2D eigenvalue weighted by Crippen LogP contribution is -2.36. The maximum absolute atomic E-state index is 6.11. The molecular formula is C11H19N3. The van der Waals surface area contributed by atoms with Gasteiger partial charge < -0.3 is 16.0 Å². The standard InChI is InChI=1S/C11H19N3/c12-11(9-4-6-13-8-9)7-10-3-1-2-5-14-10/h4,6,8,10-11,13-14H,1-3,5,7,12H2. The number of rotatable bonds is 3. The van der Waals surface area contributed by atoms with Crippen molar-refractivity contribution in [3.63, 3.8) is 0 Å². The second kappa shape index (κ2) is 4.62. The van der Waals surface area contributed by atoms with Crippen LogP contribution in [0.1, 0.15) is 37.3 Å². The predicted octanol–water partition coefficient (Wildman–Crippen LogP) is 1.55. The minimum atomic E-state index is 0.178. The van der Waals surface area contributed by atoms with Crippen LogP contribution in [0.5, 0.6) is 0 Å². The molecule has 0 amide bonds. The number of piperidine rings is 1. The van der Waals surface area contributed by atoms with Gasteiger partial charge in [-0.1, -0.05) is 6.42 Å². The van der Waals surface area contributed by atoms with Gasteiger partial charge in [0.05, 0.1) is 0 Å². The molecule has 2 heterocycles. The van der Waals surface area contributed by atoms with E-state index in [1.165, 1.54) is 24.8 Å². The number of H-pyrrole nitrogens is 1. The number of nitrogens with one attached hydrogen (secondary N) is 2. The topological polar surface area (TPSA) is 53.8 Å². The Morgan fingerprint density at radius 3 is 3.07 bits per heavy atom. The second-order valence-corrected chi connectivity index (χ2v) is 4.13. The van der Waals surface area contributed by atoms with Gasteiger partial charge in [0, 0.05) is 24.5 Å². The van der Waals surface area contributed by atoms with Gasteiger partial charge in [-0.2, -0.15) is 0 Å². The Kier molecular flexibility index (Phi) is 3.22. The van der Waals surface area contributed by atoms with Crippen LogP contribution in [0.4, 0.5) is 0 Å². The van der Waals surface area contributed by atoms with Gasteiger partial charge in [0.2, 0.25) is 0 Å². The minimum Gasteiger partial charge on any atom is -0.367 e. The Labute approximate surface area is 85.1 Å². The molecule has 0 aliphatic carbocycles. The Morgan fingerprint density at radius 2 is 2.43 bits per heavy atom. The fraction of sp³-hybridized carbons (Fsp3) is 0.636. The van der Waals surface area contributed by atoms with Crippen LogP contribution in [0, 0.1) is 0 Å². The molecular weight excluding hydrogens is 174 g/mol. The normalized spacial score (nSPS) is 24.8. The number of aromatic amines is 1. The largest absolute Gasteiger partial charge is 0.367 e. The highest BCUT2D eigenvalue weighted by Gasteiger charge is 2.16. The summed E-state index contributed by atoms with van der Waals surface area (Å²) >= 11 is 0. The van der Waals surface area contributed by atoms with Crippen molar-refractivity contribution in [2.24, 2.45) is 5.73 Å². The maximum atomic E-state index is 6.11. The quantitative estimate of drug-likeness (QED) is 0.682. The first-order chi connectivity index (χ1) is 6.86. The number of aromatic nitrogens is 1. The van der Waals surface area contributed by atoms with Gasteiger partial charge in [0.25, 0.3) is 0 Å². The molecule has 2 atom stereocenters. The molecule has 3 nitrogen and oxygen atoms in total. The van der Waals surface area contributed by atoms with Crippen LogP contribution in [0.25, 0.3) is 0 Å². The Bertz CT molecular complexity index is 250. The summed E-state index contributed by atoms with van der Waals surface area (Å²) in [5.74, 6) is 0. The number of hydrogen-bond acceptors (Lipinski definition) is 2. The van der Waals surface area contributed by atoms with E-state index in [4.69, 9.17) is 5.73 Å². The van der Waals surface area contributed by atoms with Crippen LogP contribution in [0.15, 0.2) is 18.5 Å². The fourth-order valence-corrected chi connectivity index (χ4v) is 2.14. The van der Waals surface area contributed by atoms with E-state index in [9.17, 15) is 0 Å². The van der Waals surface area contributed by atoms with E-state index in [0.29, 0.717) is 6.04 Å². The molecule has 14 heavy (non-hydrogen) atoms. The lowest BCUT2D eigenvalue weighted by molar-refractivity contribution is 0.362. The molecule has 4 N–H and O–H groups in total. The molecule has 0 bridgehead atoms. The number of nitrogens with two attached hydrogens (primary N) is 1. The Hall–Kier alpha value is -0.800. The summed E-state index contributed by atoms with van der Waals surface area (Å²) < 4.78 is 0. The zero-order valence-corrected chi connectivity index (χ0v) is 8.50. The first-order valence-corrected chi connectivity index (χ1v) is 5.48. The van der Waals surface area contributed by atoms with Crippen molar-refractivity contribution in [1.29, 1.82) is 0 Å². The molecule has 1 aliphatic rings. The van der Waals surface area contributed by atoms with Crippen molar-refractivity contribution < 1.29 is 0 Å². The van der Waals surface area contributed by atoms with Gasteiger partial charge in [-0.3, -0.25) is 0 Å². The third-order valence-electron chi connectivity index (χ3n) is 3.00. The fourth-order valence-electron chi connectivity index (χ4n) is 2.14. The van der Waals surface area contributed by atoms with Gasteiger partial charge in [0.1, 0.15) is 0 Å². The summed E-state index contributed by atoms with van der Waals surface area (Å²) in [6.45, 7) is 1.16. The van der Waals surface area contributed by atoms with Crippen molar-refractivity contribution in [3.05, 3.63) is 24.0 Å². The van der Waals surface area contributed by atoms with E-state index >= 15 is 0 Å². The van der Waals surface area contributed by atoms with Crippen LogP contribution in [-0.4, -0.2) is 17.6 Å². The van der Waals surface area contributed by atoms with Crippen LogP contribution in [0.3, 0.4) is 0 Å². The highest BCUT2D eigenvalue weighted by Crippen LogP contribution is 2.19. The van der Waals surface area contributed by atoms with Crippen LogP contribution in [0.2, 0.25) is 0 Å². The van der Waals surface area contributed by atoms with Crippen molar-refractivity contribution in [2.45, 2.75) is 37.8 Å². The molecule has 3 heteroatoms. The molecule has 1 aromatic heterocycles. The van der Waals surface area contributed by atoms with E-state index < -0.39 is 0 Å². The van der Waals surface area contributed by atoms with Crippen LogP contribution in [-0.2, 0) is 0 Å². The smallest absolute Gasteiger partial charge is 0.0324 e. The Morgan fingerprint density at radius 1 is 1.50 bits per heavy atom. The average molecular weight is 193 g/mol. The molecule has 1 saturated heterocycles. The highest BCUT2D eigenvalue weighted by atomic mass is 14.9. The zero-order chi connectivity index (χ0) is 9.80. The summed E-state index contributed by atoms with van der Waals surface area (Å²) in [5, 5.41) is 3.52. The number of hydrogen-bond donors (Lipinski definition) is 3. The molecule has 1 aliphatic heterocycles. The van der Waals surface area contributed by atoms with E-state index in [2.05, 4.69) is 16.4 Å². The monoisotopic (exact) mass is 193 g/mol. The molecule has 0 saturated carbocycles. The van der Waals surface area contributed by atoms with E-state index in [-0.39, 0.29) is 6.04 Å². The zero-order valence-electron chi connectivity index (χ0n) is 8.50. The maximum Gasteiger partial charge on any atom is 0.0324 e. The van der Waals surface area contributed by atoms with E-state index in [0.717, 1.165) is 13.0 Å². The third-order valence-corrected chi connectivity index (χ3v) is 3.00. The predicted molar refractivity (Wildman–Crippen MR) is 58.0 cm³/mol. The summed E-state index contributed by atoms with van der Waals surface area (Å²) in [5.41, 5.74) is 7.33. The molecule has 0 spiro atoms. The van der Waals surface area contributed by atoms with Crippen LogP contribution < -0.4 is 11.1 Å². The van der Waals surface area contributed by atoms with Crippen LogP contribution >= 0.6 is 0 Å². The molecule has 1 aromatic rings. The molecule has 0 radical (unpaired) electrons. The summed E-state index contributed by atoms with van der Waals surface area (Å²) in [4.78, 5) is 3.05. The third kappa shape index (κ3) is 2.36. The molecule has 0 aromatic carbocycles. The van der Waals surface area contributed by atoms with Crippen molar-refractivity contribution >= 4 is 0 Å². The first kappa shape index (κ1) is 9.74. The van der Waals surface area contributed by atoms with Crippen molar-refractivity contribution in [3.8, 4) is 0 Å². The van der Waals surface area contributed by atoms with Crippen molar-refractivity contribution in [2.75, 3.05) is 6.54 Å². The van der Waals surface area contributed by atoms with E-state index in [1.807, 2.05) is 12.4 Å². The minimum absolute atomic E-state index is 0.178. The molecule has 1 fully saturated rings. The summed E-state index contributed by atoms with van der Waals surface area (Å²) in [6.07, 6.45) is 8.92. The highest BCUT2D eigenvalue weighted by molar-refractivity contribution is 5.13. The van der Waals surface area contributed by atoms with Gasteiger partial charge >= 0.3 is 0 Å². The van der Waals surface area contributed by atoms with Gasteiger partial charge in [-0.05, 0) is 37.4 Å². The van der Waals surface area contributed by atoms with Gasteiger partial charge in [-0.15, -0.1) is 0 Å². The molecule has 2 rings (SSSR count). The SMILES string of the molecule is NC(CC1CCCCN1)c1cc[nH]c1. The lowest BCUT2D eigenvalue weighted by atomic mass is 9.96. The molecule has 78 valence electrons. The summed E-state index contributed by atoms with van der Waals surface area (Å²) in [6, 6.07) is 2.86. The van der Waals surface area contributed by atoms with Crippen molar-refractivity contribution in [1.82, 2.24) is 10.3 Å². The van der Waals surface area contributed by atoms with E-state index in [1.54, 1.807) is 0 Å².